The lowest BCUT2D eigenvalue weighted by Gasteiger charge is -2.32. The van der Waals surface area contributed by atoms with E-state index < -0.39 is 0 Å². The van der Waals surface area contributed by atoms with Crippen LogP contribution in [-0.4, -0.2) is 58.7 Å². The van der Waals surface area contributed by atoms with Gasteiger partial charge in [0.2, 0.25) is 0 Å². The first-order valence-corrected chi connectivity index (χ1v) is 12.2. The first-order valence-electron chi connectivity index (χ1n) is 12.2. The molecule has 0 unspecified atom stereocenters. The predicted molar refractivity (Wildman–Crippen MR) is 131 cm³/mol. The van der Waals surface area contributed by atoms with Gasteiger partial charge in [-0.25, -0.2) is 9.07 Å². The van der Waals surface area contributed by atoms with Crippen LogP contribution in [0.5, 0.6) is 0 Å². The molecule has 2 aliphatic rings. The molecule has 1 aromatic heterocycles. The van der Waals surface area contributed by atoms with Crippen LogP contribution in [0.2, 0.25) is 0 Å². The normalized spacial score (nSPS) is 16.9. The molecule has 1 aliphatic carbocycles. The van der Waals surface area contributed by atoms with Crippen molar-refractivity contribution in [2.45, 2.75) is 38.8 Å². The number of aromatic nitrogens is 2. The van der Waals surface area contributed by atoms with Gasteiger partial charge in [-0.15, -0.1) is 0 Å². The highest BCUT2D eigenvalue weighted by Crippen LogP contribution is 2.27. The van der Waals surface area contributed by atoms with Gasteiger partial charge in [0.1, 0.15) is 5.82 Å². The smallest absolute Gasteiger partial charge is 0.272 e. The van der Waals surface area contributed by atoms with Crippen LogP contribution < -0.4 is 5.32 Å². The van der Waals surface area contributed by atoms with Crippen LogP contribution in [0, 0.1) is 5.82 Å². The van der Waals surface area contributed by atoms with E-state index >= 15 is 0 Å². The third-order valence-electron chi connectivity index (χ3n) is 6.91. The van der Waals surface area contributed by atoms with Gasteiger partial charge in [-0.3, -0.25) is 9.69 Å². The van der Waals surface area contributed by atoms with Crippen molar-refractivity contribution in [3.05, 3.63) is 82.4 Å². The average Bonchev–Trinajstić information content (AvgIpc) is 3.25. The zero-order chi connectivity index (χ0) is 23.5. The number of hydrogen-bond donors (Lipinski definition) is 1. The SMILES string of the molecule is CN1CCN(Cc2cccc(CNC(=O)c3nn(-c4ccc(F)cc4)c4c3CCCC4)c2)CC1. The molecule has 178 valence electrons. The molecule has 1 aliphatic heterocycles. The number of nitrogens with one attached hydrogen (secondary N) is 1. The first-order chi connectivity index (χ1) is 16.6. The molecular weight excluding hydrogens is 429 g/mol. The van der Waals surface area contributed by atoms with E-state index in [1.54, 1.807) is 12.1 Å². The zero-order valence-corrected chi connectivity index (χ0v) is 19.8. The largest absolute Gasteiger partial charge is 0.347 e. The van der Waals surface area contributed by atoms with Crippen LogP contribution >= 0.6 is 0 Å². The first kappa shape index (κ1) is 22.7. The lowest BCUT2D eigenvalue weighted by Crippen LogP contribution is -2.43. The van der Waals surface area contributed by atoms with Gasteiger partial charge in [0, 0.05) is 50.5 Å². The second-order valence-electron chi connectivity index (χ2n) is 9.45. The molecule has 7 heteroatoms. The molecule has 0 saturated carbocycles. The van der Waals surface area contributed by atoms with Gasteiger partial charge in [-0.2, -0.15) is 5.10 Å². The fourth-order valence-electron chi connectivity index (χ4n) is 4.95. The molecule has 1 N–H and O–H groups in total. The van der Waals surface area contributed by atoms with Gasteiger partial charge in [0.25, 0.3) is 5.91 Å². The number of amides is 1. The van der Waals surface area contributed by atoms with Crippen LogP contribution in [-0.2, 0) is 25.9 Å². The van der Waals surface area contributed by atoms with Crippen molar-refractivity contribution >= 4 is 5.91 Å². The number of hydrogen-bond acceptors (Lipinski definition) is 4. The molecule has 0 radical (unpaired) electrons. The molecule has 1 fully saturated rings. The van der Waals surface area contributed by atoms with Crippen molar-refractivity contribution in [2.75, 3.05) is 33.2 Å². The number of fused-ring (bicyclic) bond motifs is 1. The average molecular weight is 462 g/mol. The number of carbonyl (C=O) groups excluding carboxylic acids is 1. The van der Waals surface area contributed by atoms with Crippen LogP contribution in [0.3, 0.4) is 0 Å². The summed E-state index contributed by atoms with van der Waals surface area (Å²) in [5.74, 6) is -0.430. The number of likely N-dealkylation sites (N-methyl/N-ethyl adjacent to an activating group) is 1. The molecule has 0 spiro atoms. The highest BCUT2D eigenvalue weighted by molar-refractivity contribution is 5.94. The number of piperazine rings is 1. The summed E-state index contributed by atoms with van der Waals surface area (Å²) in [5, 5.41) is 7.76. The molecular formula is C27H32FN5O. The van der Waals surface area contributed by atoms with Crippen LogP contribution in [0.1, 0.15) is 45.7 Å². The van der Waals surface area contributed by atoms with Crippen LogP contribution in [0.15, 0.2) is 48.5 Å². The fourth-order valence-corrected chi connectivity index (χ4v) is 4.95. The monoisotopic (exact) mass is 461 g/mol. The Kier molecular flexibility index (Phi) is 6.74. The van der Waals surface area contributed by atoms with Gasteiger partial charge in [0.05, 0.1) is 5.69 Å². The summed E-state index contributed by atoms with van der Waals surface area (Å²) in [5.41, 5.74) is 5.73. The Morgan fingerprint density at radius 2 is 1.74 bits per heavy atom. The molecule has 0 bridgehead atoms. The summed E-state index contributed by atoms with van der Waals surface area (Å²) in [4.78, 5) is 18.0. The van der Waals surface area contributed by atoms with E-state index in [-0.39, 0.29) is 11.7 Å². The number of benzene rings is 2. The summed E-state index contributed by atoms with van der Waals surface area (Å²) in [7, 11) is 2.17. The highest BCUT2D eigenvalue weighted by Gasteiger charge is 2.25. The van der Waals surface area contributed by atoms with Crippen molar-refractivity contribution < 1.29 is 9.18 Å². The predicted octanol–water partition coefficient (Wildman–Crippen LogP) is 3.57. The number of nitrogens with zero attached hydrogens (tertiary/aromatic N) is 4. The maximum atomic E-state index is 13.4. The minimum atomic E-state index is -0.280. The minimum absolute atomic E-state index is 0.150. The summed E-state index contributed by atoms with van der Waals surface area (Å²) in [6.07, 6.45) is 3.85. The molecule has 1 saturated heterocycles. The van der Waals surface area contributed by atoms with E-state index in [2.05, 4.69) is 51.5 Å². The number of halogens is 1. The second-order valence-corrected chi connectivity index (χ2v) is 9.45. The molecule has 1 amide bonds. The van der Waals surface area contributed by atoms with Crippen molar-refractivity contribution in [1.29, 1.82) is 0 Å². The maximum Gasteiger partial charge on any atom is 0.272 e. The van der Waals surface area contributed by atoms with E-state index in [0.717, 1.165) is 80.9 Å². The summed E-state index contributed by atoms with van der Waals surface area (Å²) >= 11 is 0. The Balaban J connectivity index is 1.28. The van der Waals surface area contributed by atoms with Crippen LogP contribution in [0.25, 0.3) is 5.69 Å². The highest BCUT2D eigenvalue weighted by atomic mass is 19.1. The molecule has 34 heavy (non-hydrogen) atoms. The third kappa shape index (κ3) is 5.05. The molecule has 3 aromatic rings. The van der Waals surface area contributed by atoms with E-state index in [1.165, 1.54) is 17.7 Å². The number of carbonyl (C=O) groups is 1. The minimum Gasteiger partial charge on any atom is -0.347 e. The lowest BCUT2D eigenvalue weighted by atomic mass is 9.95. The van der Waals surface area contributed by atoms with Crippen molar-refractivity contribution in [3.8, 4) is 5.69 Å². The number of rotatable bonds is 6. The van der Waals surface area contributed by atoms with Gasteiger partial charge < -0.3 is 10.2 Å². The quantitative estimate of drug-likeness (QED) is 0.610. The molecule has 0 atom stereocenters. The Labute approximate surface area is 200 Å². The van der Waals surface area contributed by atoms with Crippen molar-refractivity contribution in [1.82, 2.24) is 24.9 Å². The second kappa shape index (κ2) is 10.1. The Morgan fingerprint density at radius 1 is 1.00 bits per heavy atom. The topological polar surface area (TPSA) is 53.4 Å². The van der Waals surface area contributed by atoms with Gasteiger partial charge in [-0.05, 0) is 68.1 Å². The van der Waals surface area contributed by atoms with Crippen molar-refractivity contribution in [3.63, 3.8) is 0 Å². The lowest BCUT2D eigenvalue weighted by molar-refractivity contribution is 0.0944. The third-order valence-corrected chi connectivity index (χ3v) is 6.91. The van der Waals surface area contributed by atoms with Gasteiger partial charge in [0.15, 0.2) is 5.69 Å². The summed E-state index contributed by atoms with van der Waals surface area (Å²) in [6.45, 7) is 5.77. The summed E-state index contributed by atoms with van der Waals surface area (Å²) in [6, 6.07) is 14.8. The van der Waals surface area contributed by atoms with E-state index in [0.29, 0.717) is 12.2 Å². The van der Waals surface area contributed by atoms with Crippen LogP contribution in [0.4, 0.5) is 4.39 Å². The Hall–Kier alpha value is -3.03. The standard InChI is InChI=1S/C27H32FN5O/c1-31-13-15-32(16-14-31)19-21-6-4-5-20(17-21)18-29-27(34)26-24-7-2-3-8-25(24)33(30-26)23-11-9-22(28)10-12-23/h4-6,9-12,17H,2-3,7-8,13-16,18-19H2,1H3,(H,29,34). The van der Waals surface area contributed by atoms with Gasteiger partial charge in [-0.1, -0.05) is 24.3 Å². The Morgan fingerprint density at radius 3 is 2.53 bits per heavy atom. The fraction of sp³-hybridized carbons (Fsp3) is 0.407. The van der Waals surface area contributed by atoms with Crippen molar-refractivity contribution in [2.24, 2.45) is 0 Å². The van der Waals surface area contributed by atoms with E-state index in [1.807, 2.05) is 4.68 Å². The maximum absolute atomic E-state index is 13.4. The van der Waals surface area contributed by atoms with E-state index in [4.69, 9.17) is 0 Å². The zero-order valence-electron chi connectivity index (χ0n) is 19.8. The van der Waals surface area contributed by atoms with Gasteiger partial charge >= 0.3 is 0 Å². The molecule has 2 aromatic carbocycles. The van der Waals surface area contributed by atoms with E-state index in [9.17, 15) is 9.18 Å². The molecule has 5 rings (SSSR count). The summed E-state index contributed by atoms with van der Waals surface area (Å²) < 4.78 is 15.2. The molecule has 2 heterocycles. The Bertz CT molecular complexity index is 1150. The molecule has 6 nitrogen and oxygen atoms in total.